The topological polar surface area (TPSA) is 0 Å². The molecule has 0 atom stereocenters. The van der Waals surface area contributed by atoms with Crippen molar-refractivity contribution in [3.05, 3.63) is 0 Å². The van der Waals surface area contributed by atoms with E-state index in [1.807, 2.05) is 0 Å². The Kier molecular flexibility index (Phi) is 19.1. The monoisotopic (exact) mass is 424 g/mol. The highest BCUT2D eigenvalue weighted by Crippen LogP contribution is 2.45. The van der Waals surface area contributed by atoms with E-state index in [0.717, 1.165) is 0 Å². The van der Waals surface area contributed by atoms with Crippen LogP contribution in [0, 0.1) is 0 Å². The zero-order valence-electron chi connectivity index (χ0n) is 20.6. The molecule has 1 heterocycles. The van der Waals surface area contributed by atoms with E-state index in [1.165, 1.54) is 160 Å². The van der Waals surface area contributed by atoms with E-state index in [-0.39, 0.29) is 0 Å². The van der Waals surface area contributed by atoms with Crippen LogP contribution in [0.4, 0.5) is 0 Å². The van der Waals surface area contributed by atoms with E-state index in [4.69, 9.17) is 0 Å². The molecule has 1 saturated heterocycles. The molecule has 0 bridgehead atoms. The second-order valence-corrected chi connectivity index (χ2v) is 11.6. The molecule has 0 unspecified atom stereocenters. The average Bonchev–Trinajstić information content (AvgIpc) is 3.20. The van der Waals surface area contributed by atoms with Crippen LogP contribution >= 0.6 is 11.8 Å². The van der Waals surface area contributed by atoms with E-state index in [0.29, 0.717) is 4.75 Å². The standard InChI is InChI=1S/C28H56S/c1-3-5-7-9-11-13-15-17-19-21-24-28(26-23-27-29-28)25-22-20-18-16-14-12-10-8-6-4-2/h3-27H2,1-2H3. The highest BCUT2D eigenvalue weighted by atomic mass is 32.2. The van der Waals surface area contributed by atoms with E-state index < -0.39 is 0 Å². The Morgan fingerprint density at radius 3 is 1.14 bits per heavy atom. The molecule has 0 radical (unpaired) electrons. The van der Waals surface area contributed by atoms with Crippen molar-refractivity contribution in [2.24, 2.45) is 0 Å². The quantitative estimate of drug-likeness (QED) is 0.156. The minimum Gasteiger partial charge on any atom is -0.155 e. The Bertz CT molecular complexity index is 292. The SMILES string of the molecule is CCCCCCCCCCCCC1(CCCCCCCCCCCC)CCCS1. The van der Waals surface area contributed by atoms with E-state index in [1.54, 1.807) is 0 Å². The Morgan fingerprint density at radius 2 is 0.828 bits per heavy atom. The Labute approximate surface area is 190 Å². The minimum absolute atomic E-state index is 0.695. The molecule has 0 saturated carbocycles. The number of thioether (sulfide) groups is 1. The van der Waals surface area contributed by atoms with Gasteiger partial charge in [-0.1, -0.05) is 142 Å². The van der Waals surface area contributed by atoms with Crippen LogP contribution in [-0.4, -0.2) is 10.5 Å². The first-order valence-corrected chi connectivity index (χ1v) is 15.0. The molecule has 1 heteroatoms. The smallest absolute Gasteiger partial charge is 0.0160 e. The van der Waals surface area contributed by atoms with Crippen LogP contribution in [0.1, 0.15) is 168 Å². The molecule has 1 aliphatic rings. The van der Waals surface area contributed by atoms with Crippen LogP contribution in [0.25, 0.3) is 0 Å². The lowest BCUT2D eigenvalue weighted by Gasteiger charge is -2.28. The van der Waals surface area contributed by atoms with Crippen molar-refractivity contribution in [3.63, 3.8) is 0 Å². The largest absolute Gasteiger partial charge is 0.155 e. The van der Waals surface area contributed by atoms with Crippen molar-refractivity contribution in [2.75, 3.05) is 5.75 Å². The first-order valence-electron chi connectivity index (χ1n) is 14.0. The molecule has 1 rings (SSSR count). The molecule has 0 nitrogen and oxygen atoms in total. The van der Waals surface area contributed by atoms with Crippen molar-refractivity contribution in [2.45, 2.75) is 173 Å². The molecule has 0 aromatic rings. The molecule has 0 spiro atoms. The fourth-order valence-corrected chi connectivity index (χ4v) is 6.73. The summed E-state index contributed by atoms with van der Waals surface area (Å²) in [6.45, 7) is 4.62. The van der Waals surface area contributed by atoms with Gasteiger partial charge in [-0.05, 0) is 31.4 Å². The summed E-state index contributed by atoms with van der Waals surface area (Å²) in [5.41, 5.74) is 0. The van der Waals surface area contributed by atoms with Gasteiger partial charge in [0, 0.05) is 4.75 Å². The molecule has 174 valence electrons. The van der Waals surface area contributed by atoms with Crippen LogP contribution in [0.2, 0.25) is 0 Å². The fourth-order valence-electron chi connectivity index (χ4n) is 5.14. The van der Waals surface area contributed by atoms with Crippen molar-refractivity contribution < 1.29 is 0 Å². The predicted molar refractivity (Wildman–Crippen MR) is 137 cm³/mol. The summed E-state index contributed by atoms with van der Waals surface area (Å²) in [5, 5.41) is 0. The minimum atomic E-state index is 0.695. The lowest BCUT2D eigenvalue weighted by atomic mass is 9.90. The van der Waals surface area contributed by atoms with Crippen molar-refractivity contribution in [1.82, 2.24) is 0 Å². The van der Waals surface area contributed by atoms with E-state index in [9.17, 15) is 0 Å². The van der Waals surface area contributed by atoms with Gasteiger partial charge in [-0.25, -0.2) is 0 Å². The van der Waals surface area contributed by atoms with Crippen LogP contribution in [-0.2, 0) is 0 Å². The second-order valence-electron chi connectivity index (χ2n) is 10.00. The van der Waals surface area contributed by atoms with Crippen molar-refractivity contribution in [1.29, 1.82) is 0 Å². The van der Waals surface area contributed by atoms with E-state index in [2.05, 4.69) is 25.6 Å². The number of rotatable bonds is 22. The molecule has 1 aliphatic heterocycles. The third-order valence-corrected chi connectivity index (χ3v) is 8.87. The molecule has 0 aromatic heterocycles. The molecule has 29 heavy (non-hydrogen) atoms. The zero-order chi connectivity index (χ0) is 20.9. The summed E-state index contributed by atoms with van der Waals surface area (Å²) in [6, 6.07) is 0. The third-order valence-electron chi connectivity index (χ3n) is 7.16. The van der Waals surface area contributed by atoms with Gasteiger partial charge in [-0.2, -0.15) is 11.8 Å². The summed E-state index contributed by atoms with van der Waals surface area (Å²) in [4.78, 5) is 0. The normalized spacial score (nSPS) is 15.9. The molecule has 0 amide bonds. The van der Waals surface area contributed by atoms with Gasteiger partial charge >= 0.3 is 0 Å². The summed E-state index contributed by atoms with van der Waals surface area (Å²) < 4.78 is 0.695. The van der Waals surface area contributed by atoms with Gasteiger partial charge in [0.1, 0.15) is 0 Å². The lowest BCUT2D eigenvalue weighted by Crippen LogP contribution is -2.20. The van der Waals surface area contributed by atoms with Crippen LogP contribution in [0.3, 0.4) is 0 Å². The molecule has 1 fully saturated rings. The predicted octanol–water partition coefficient (Wildman–Crippen LogP) is 10.9. The van der Waals surface area contributed by atoms with Crippen LogP contribution in [0.5, 0.6) is 0 Å². The van der Waals surface area contributed by atoms with E-state index >= 15 is 0 Å². The maximum atomic E-state index is 2.35. The molecular weight excluding hydrogens is 368 g/mol. The summed E-state index contributed by atoms with van der Waals surface area (Å²) in [7, 11) is 0. The fraction of sp³-hybridized carbons (Fsp3) is 1.00. The van der Waals surface area contributed by atoms with Crippen LogP contribution in [0.15, 0.2) is 0 Å². The number of unbranched alkanes of at least 4 members (excludes halogenated alkanes) is 18. The van der Waals surface area contributed by atoms with Gasteiger partial charge < -0.3 is 0 Å². The molecular formula is C28H56S. The highest BCUT2D eigenvalue weighted by Gasteiger charge is 2.33. The first-order chi connectivity index (χ1) is 14.3. The summed E-state index contributed by atoms with van der Waals surface area (Å²) in [6.07, 6.45) is 35.5. The summed E-state index contributed by atoms with van der Waals surface area (Å²) in [5.74, 6) is 1.44. The zero-order valence-corrected chi connectivity index (χ0v) is 21.4. The number of hydrogen-bond donors (Lipinski definition) is 0. The van der Waals surface area contributed by atoms with Gasteiger partial charge in [0.25, 0.3) is 0 Å². The highest BCUT2D eigenvalue weighted by molar-refractivity contribution is 8.00. The molecule has 0 N–H and O–H groups in total. The number of hydrogen-bond acceptors (Lipinski definition) is 1. The average molecular weight is 425 g/mol. The van der Waals surface area contributed by atoms with Crippen LogP contribution < -0.4 is 0 Å². The van der Waals surface area contributed by atoms with Gasteiger partial charge in [0.15, 0.2) is 0 Å². The Morgan fingerprint density at radius 1 is 0.483 bits per heavy atom. The Balaban J connectivity index is 1.95. The summed E-state index contributed by atoms with van der Waals surface area (Å²) >= 11 is 2.35. The van der Waals surface area contributed by atoms with Gasteiger partial charge in [0.05, 0.1) is 0 Å². The van der Waals surface area contributed by atoms with Gasteiger partial charge in [-0.15, -0.1) is 0 Å². The maximum Gasteiger partial charge on any atom is 0.0160 e. The van der Waals surface area contributed by atoms with Gasteiger partial charge in [-0.3, -0.25) is 0 Å². The third kappa shape index (κ3) is 15.8. The van der Waals surface area contributed by atoms with Crippen molar-refractivity contribution >= 4 is 11.8 Å². The molecule has 0 aliphatic carbocycles. The first kappa shape index (κ1) is 27.4. The lowest BCUT2D eigenvalue weighted by molar-refractivity contribution is 0.429. The second kappa shape index (κ2) is 20.3. The van der Waals surface area contributed by atoms with Gasteiger partial charge in [0.2, 0.25) is 0 Å². The molecule has 0 aromatic carbocycles. The van der Waals surface area contributed by atoms with Crippen molar-refractivity contribution in [3.8, 4) is 0 Å². The Hall–Kier alpha value is 0.350. The maximum absolute atomic E-state index is 2.35.